The molecule has 2 N–H and O–H groups in total. The zero-order valence-corrected chi connectivity index (χ0v) is 17.7. The van der Waals surface area contributed by atoms with E-state index in [1.807, 2.05) is 12.1 Å². The highest BCUT2D eigenvalue weighted by molar-refractivity contribution is 5.86. The number of hydrogen-bond donors (Lipinski definition) is 2. The molecular formula is C21H25F4N3O5. The van der Waals surface area contributed by atoms with E-state index in [0.717, 1.165) is 18.4 Å². The van der Waals surface area contributed by atoms with Crippen LogP contribution in [0.4, 0.5) is 17.6 Å². The van der Waals surface area contributed by atoms with Gasteiger partial charge in [-0.05, 0) is 49.7 Å². The summed E-state index contributed by atoms with van der Waals surface area (Å²) in [6, 6.07) is 3.73. The molecule has 1 aromatic rings. The van der Waals surface area contributed by atoms with Crippen LogP contribution in [0, 0.1) is 5.92 Å². The average Bonchev–Trinajstić information content (AvgIpc) is 3.19. The van der Waals surface area contributed by atoms with Gasteiger partial charge in [0.2, 0.25) is 5.91 Å². The average molecular weight is 475 g/mol. The molecule has 4 rings (SSSR count). The summed E-state index contributed by atoms with van der Waals surface area (Å²) in [5, 5.41) is 10.0. The number of halogens is 4. The Morgan fingerprint density at radius 3 is 2.55 bits per heavy atom. The molecule has 1 aliphatic carbocycles. The van der Waals surface area contributed by atoms with Gasteiger partial charge in [-0.15, -0.1) is 0 Å². The van der Waals surface area contributed by atoms with E-state index in [2.05, 4.69) is 10.3 Å². The SMILES string of the molecule is O=C(NCc1cccnc1)C1C[C@@H]2CCN(C(=O)C3(F)CCC3)C[C@@H]2O1.O=C(O)C(F)(F)F. The first-order valence-corrected chi connectivity index (χ1v) is 10.6. The predicted octanol–water partition coefficient (Wildman–Crippen LogP) is 2.23. The van der Waals surface area contributed by atoms with Crippen molar-refractivity contribution in [1.29, 1.82) is 0 Å². The Labute approximate surface area is 187 Å². The van der Waals surface area contributed by atoms with Crippen molar-refractivity contribution in [3.8, 4) is 0 Å². The number of rotatable bonds is 4. The number of carbonyl (C=O) groups is 3. The minimum Gasteiger partial charge on any atom is -0.475 e. The third-order valence-corrected chi connectivity index (χ3v) is 6.09. The van der Waals surface area contributed by atoms with Crippen molar-refractivity contribution in [2.45, 2.75) is 62.7 Å². The van der Waals surface area contributed by atoms with E-state index in [1.54, 1.807) is 17.3 Å². The van der Waals surface area contributed by atoms with Gasteiger partial charge in [0.15, 0.2) is 5.67 Å². The van der Waals surface area contributed by atoms with Crippen LogP contribution in [-0.4, -0.2) is 69.9 Å². The molecule has 182 valence electrons. The van der Waals surface area contributed by atoms with Crippen LogP contribution in [0.25, 0.3) is 0 Å². The summed E-state index contributed by atoms with van der Waals surface area (Å²) in [5.41, 5.74) is -0.729. The maximum Gasteiger partial charge on any atom is 0.490 e. The van der Waals surface area contributed by atoms with Crippen LogP contribution in [0.1, 0.15) is 37.7 Å². The van der Waals surface area contributed by atoms with Crippen molar-refractivity contribution in [2.75, 3.05) is 13.1 Å². The van der Waals surface area contributed by atoms with E-state index in [9.17, 15) is 27.2 Å². The number of nitrogens with one attached hydrogen (secondary N) is 1. The number of alkyl halides is 4. The summed E-state index contributed by atoms with van der Waals surface area (Å²) in [5.74, 6) is -3.03. The molecule has 1 unspecified atom stereocenters. The number of carboxylic acids is 1. The zero-order chi connectivity index (χ0) is 24.2. The van der Waals surface area contributed by atoms with Crippen LogP contribution in [0.2, 0.25) is 0 Å². The third kappa shape index (κ3) is 6.18. The lowest BCUT2D eigenvalue weighted by Gasteiger charge is -2.41. The largest absolute Gasteiger partial charge is 0.490 e. The Morgan fingerprint density at radius 2 is 2.00 bits per heavy atom. The van der Waals surface area contributed by atoms with Gasteiger partial charge in [-0.2, -0.15) is 13.2 Å². The summed E-state index contributed by atoms with van der Waals surface area (Å²) < 4.78 is 52.0. The van der Waals surface area contributed by atoms with Gasteiger partial charge in [-0.1, -0.05) is 6.07 Å². The molecule has 0 aromatic carbocycles. The first-order chi connectivity index (χ1) is 15.5. The summed E-state index contributed by atoms with van der Waals surface area (Å²) in [7, 11) is 0. The number of nitrogens with zero attached hydrogens (tertiary/aromatic N) is 2. The number of likely N-dealkylation sites (tertiary alicyclic amines) is 1. The minimum absolute atomic E-state index is 0.137. The molecule has 2 aliphatic heterocycles. The first-order valence-electron chi connectivity index (χ1n) is 10.6. The summed E-state index contributed by atoms with van der Waals surface area (Å²) in [6.07, 6.45) is 0.502. The van der Waals surface area contributed by atoms with Crippen molar-refractivity contribution in [3.63, 3.8) is 0 Å². The van der Waals surface area contributed by atoms with E-state index in [4.69, 9.17) is 14.6 Å². The Kier molecular flexibility index (Phi) is 7.55. The second kappa shape index (κ2) is 10.0. The molecule has 1 aromatic heterocycles. The number of piperidine rings is 1. The van der Waals surface area contributed by atoms with Gasteiger partial charge in [0.1, 0.15) is 6.10 Å². The molecular weight excluding hydrogens is 450 g/mol. The molecule has 3 heterocycles. The molecule has 1 saturated carbocycles. The molecule has 3 aliphatic rings. The number of aliphatic carboxylic acids is 1. The molecule has 0 spiro atoms. The van der Waals surface area contributed by atoms with E-state index >= 15 is 0 Å². The number of carbonyl (C=O) groups excluding carboxylic acids is 2. The number of carboxylic acid groups (broad SMARTS) is 1. The number of aromatic nitrogens is 1. The molecule has 0 radical (unpaired) electrons. The van der Waals surface area contributed by atoms with E-state index < -0.39 is 29.8 Å². The van der Waals surface area contributed by atoms with Gasteiger partial charge in [-0.25, -0.2) is 9.18 Å². The van der Waals surface area contributed by atoms with Gasteiger partial charge >= 0.3 is 12.1 Å². The number of ether oxygens (including phenoxy) is 1. The smallest absolute Gasteiger partial charge is 0.475 e. The Hall–Kier alpha value is -2.76. The van der Waals surface area contributed by atoms with Crippen LogP contribution in [0.15, 0.2) is 24.5 Å². The van der Waals surface area contributed by atoms with Crippen molar-refractivity contribution >= 4 is 17.8 Å². The molecule has 3 atom stereocenters. The van der Waals surface area contributed by atoms with Crippen molar-refractivity contribution in [1.82, 2.24) is 15.2 Å². The number of hydrogen-bond acceptors (Lipinski definition) is 5. The highest BCUT2D eigenvalue weighted by Crippen LogP contribution is 2.40. The lowest BCUT2D eigenvalue weighted by molar-refractivity contribution is -0.192. The zero-order valence-electron chi connectivity index (χ0n) is 17.7. The molecule has 3 fully saturated rings. The quantitative estimate of drug-likeness (QED) is 0.647. The van der Waals surface area contributed by atoms with Crippen molar-refractivity contribution < 1.29 is 41.8 Å². The van der Waals surface area contributed by atoms with Gasteiger partial charge < -0.3 is 20.1 Å². The highest BCUT2D eigenvalue weighted by atomic mass is 19.4. The lowest BCUT2D eigenvalue weighted by atomic mass is 9.80. The van der Waals surface area contributed by atoms with Crippen molar-refractivity contribution in [2.24, 2.45) is 5.92 Å². The van der Waals surface area contributed by atoms with Gasteiger partial charge in [0, 0.05) is 32.0 Å². The summed E-state index contributed by atoms with van der Waals surface area (Å²) in [6.45, 7) is 1.36. The second-order valence-electron chi connectivity index (χ2n) is 8.40. The summed E-state index contributed by atoms with van der Waals surface area (Å²) >= 11 is 0. The van der Waals surface area contributed by atoms with Crippen LogP contribution in [0.3, 0.4) is 0 Å². The number of pyridine rings is 1. The maximum absolute atomic E-state index is 14.4. The first kappa shape index (κ1) is 24.9. The van der Waals surface area contributed by atoms with E-state index in [-0.39, 0.29) is 17.9 Å². The topological polar surface area (TPSA) is 109 Å². The molecule has 2 amide bonds. The fourth-order valence-corrected chi connectivity index (χ4v) is 4.07. The molecule has 2 saturated heterocycles. The van der Waals surface area contributed by atoms with Gasteiger partial charge in [0.05, 0.1) is 6.10 Å². The second-order valence-corrected chi connectivity index (χ2v) is 8.40. The normalized spacial score (nSPS) is 25.7. The Morgan fingerprint density at radius 1 is 1.30 bits per heavy atom. The predicted molar refractivity (Wildman–Crippen MR) is 105 cm³/mol. The van der Waals surface area contributed by atoms with Crippen LogP contribution in [-0.2, 0) is 25.7 Å². The standard InChI is InChI=1S/C19H24FN3O3.C2HF3O2/c20-19(5-2-6-19)18(25)23-8-4-14-9-15(26-16(14)12-23)17(24)22-11-13-3-1-7-21-10-13;3-2(4,5)1(6)7/h1,3,7,10,14-16H,2,4-6,8-9,11-12H2,(H,22,24);(H,6,7)/t14-,15?,16-;/m0./s1. The van der Waals surface area contributed by atoms with Crippen molar-refractivity contribution in [3.05, 3.63) is 30.1 Å². The fourth-order valence-electron chi connectivity index (χ4n) is 4.07. The number of fused-ring (bicyclic) bond motifs is 1. The van der Waals surface area contributed by atoms with Gasteiger partial charge in [-0.3, -0.25) is 14.6 Å². The Balaban J connectivity index is 0.000000383. The van der Waals surface area contributed by atoms with E-state index in [0.29, 0.717) is 38.9 Å². The maximum atomic E-state index is 14.4. The van der Waals surface area contributed by atoms with Crippen LogP contribution >= 0.6 is 0 Å². The Bertz CT molecular complexity index is 863. The molecule has 33 heavy (non-hydrogen) atoms. The summed E-state index contributed by atoms with van der Waals surface area (Å²) in [4.78, 5) is 39.3. The highest BCUT2D eigenvalue weighted by Gasteiger charge is 2.50. The third-order valence-electron chi connectivity index (χ3n) is 6.09. The molecule has 12 heteroatoms. The number of amides is 2. The minimum atomic E-state index is -5.08. The monoisotopic (exact) mass is 475 g/mol. The lowest BCUT2D eigenvalue weighted by Crippen LogP contribution is -2.55. The molecule has 0 bridgehead atoms. The van der Waals surface area contributed by atoms with Gasteiger partial charge in [0.25, 0.3) is 5.91 Å². The van der Waals surface area contributed by atoms with E-state index in [1.165, 1.54) is 0 Å². The van der Waals surface area contributed by atoms with Crippen LogP contribution in [0.5, 0.6) is 0 Å². The van der Waals surface area contributed by atoms with Crippen LogP contribution < -0.4 is 5.32 Å². The fraction of sp³-hybridized carbons (Fsp3) is 0.619. The molecule has 8 nitrogen and oxygen atoms in total.